The fourth-order valence-corrected chi connectivity index (χ4v) is 4.09. The second-order valence-corrected chi connectivity index (χ2v) is 10.6. The summed E-state index contributed by atoms with van der Waals surface area (Å²) in [6.07, 6.45) is 8.51. The van der Waals surface area contributed by atoms with Gasteiger partial charge >= 0.3 is 0 Å². The summed E-state index contributed by atoms with van der Waals surface area (Å²) >= 11 is 0. The van der Waals surface area contributed by atoms with Gasteiger partial charge < -0.3 is 35.4 Å². The molecule has 0 radical (unpaired) electrons. The van der Waals surface area contributed by atoms with Gasteiger partial charge in [-0.15, -0.1) is 0 Å². The molecule has 1 fully saturated rings. The second-order valence-electron chi connectivity index (χ2n) is 10.6. The first-order valence-corrected chi connectivity index (χ1v) is 14.9. The van der Waals surface area contributed by atoms with Gasteiger partial charge in [-0.05, 0) is 33.9 Å². The van der Waals surface area contributed by atoms with Crippen LogP contribution in [0.25, 0.3) is 0 Å². The van der Waals surface area contributed by atoms with Crippen molar-refractivity contribution in [3.8, 4) is 11.8 Å². The molecule has 0 aromatic carbocycles. The molecule has 1 atom stereocenters. The topological polar surface area (TPSA) is 128 Å². The number of ether oxygens (including phenoxy) is 1. The van der Waals surface area contributed by atoms with E-state index in [1.54, 1.807) is 32.4 Å². The summed E-state index contributed by atoms with van der Waals surface area (Å²) in [5.74, 6) is 6.53. The number of nitrogens with zero attached hydrogens (tertiary/aromatic N) is 6. The highest BCUT2D eigenvalue weighted by Gasteiger charge is 2.20. The Labute approximate surface area is 259 Å². The van der Waals surface area contributed by atoms with E-state index in [-0.39, 0.29) is 11.8 Å². The molecule has 44 heavy (non-hydrogen) atoms. The average Bonchev–Trinajstić information content (AvgIpc) is 3.01. The number of unbranched alkanes of at least 4 members (excludes halogenated alkanes) is 1. The largest absolute Gasteiger partial charge is 0.378 e. The van der Waals surface area contributed by atoms with E-state index in [0.29, 0.717) is 87.6 Å². The third-order valence-electron chi connectivity index (χ3n) is 6.76. The summed E-state index contributed by atoms with van der Waals surface area (Å²) in [6.45, 7) is 7.81. The minimum absolute atomic E-state index is 0.219. The first kappa shape index (κ1) is 34.2. The van der Waals surface area contributed by atoms with E-state index in [2.05, 4.69) is 42.7 Å². The van der Waals surface area contributed by atoms with Crippen molar-refractivity contribution < 1.29 is 18.7 Å². The van der Waals surface area contributed by atoms with E-state index in [1.807, 2.05) is 30.8 Å². The zero-order chi connectivity index (χ0) is 31.9. The van der Waals surface area contributed by atoms with Crippen molar-refractivity contribution in [1.82, 2.24) is 30.1 Å². The lowest BCUT2D eigenvalue weighted by Gasteiger charge is -2.28. The van der Waals surface area contributed by atoms with Crippen LogP contribution in [0.1, 0.15) is 38.7 Å². The molecule has 0 spiro atoms. The molecular weight excluding hydrogens is 565 g/mol. The molecule has 2 aromatic rings. The van der Waals surface area contributed by atoms with E-state index in [0.717, 1.165) is 6.42 Å². The number of hydrogen-bond acceptors (Lipinski definition) is 10. The van der Waals surface area contributed by atoms with E-state index in [1.165, 1.54) is 17.0 Å². The number of rotatable bonds is 14. The average molecular weight is 610 g/mol. The molecule has 0 unspecified atom stereocenters. The zero-order valence-corrected chi connectivity index (χ0v) is 26.3. The Morgan fingerprint density at radius 3 is 2.66 bits per heavy atom. The van der Waals surface area contributed by atoms with Gasteiger partial charge in [-0.25, -0.2) is 14.4 Å². The Bertz CT molecular complexity index is 1340. The van der Waals surface area contributed by atoms with E-state index in [9.17, 15) is 14.0 Å². The summed E-state index contributed by atoms with van der Waals surface area (Å²) in [5, 5.41) is 9.17. The molecule has 3 rings (SSSR count). The number of anilines is 4. The number of pyridine rings is 1. The van der Waals surface area contributed by atoms with E-state index < -0.39 is 11.9 Å². The van der Waals surface area contributed by atoms with Crippen LogP contribution in [-0.4, -0.2) is 110 Å². The van der Waals surface area contributed by atoms with Crippen LogP contribution >= 0.6 is 0 Å². The molecular formula is C31H44FN9O3. The number of aromatic nitrogens is 3. The maximum Gasteiger partial charge on any atom is 0.246 e. The van der Waals surface area contributed by atoms with E-state index >= 15 is 0 Å². The van der Waals surface area contributed by atoms with Crippen LogP contribution in [0.3, 0.4) is 0 Å². The maximum absolute atomic E-state index is 14.8. The molecule has 0 bridgehead atoms. The summed E-state index contributed by atoms with van der Waals surface area (Å²) in [5.41, 5.74) is 1.07. The third kappa shape index (κ3) is 10.8. The van der Waals surface area contributed by atoms with Crippen LogP contribution in [0.15, 0.2) is 30.6 Å². The first-order valence-electron chi connectivity index (χ1n) is 14.9. The molecule has 1 aliphatic heterocycles. The molecule has 2 aromatic heterocycles. The molecule has 3 N–H and O–H groups in total. The van der Waals surface area contributed by atoms with Gasteiger partial charge in [0.25, 0.3) is 0 Å². The SMILES string of the molecule is CCCNc1nc(Nc2cnc(N3CCOCC3)c(F)c2)ncc1C#CCCCNC(=O)[C@H](C)N(C)C(=O)/C=C/CN(C)C. The molecule has 238 valence electrons. The number of hydrogen-bond donors (Lipinski definition) is 3. The van der Waals surface area contributed by atoms with Crippen molar-refractivity contribution in [3.05, 3.63) is 42.0 Å². The first-order chi connectivity index (χ1) is 21.2. The minimum atomic E-state index is -0.593. The van der Waals surface area contributed by atoms with Crippen LogP contribution in [-0.2, 0) is 14.3 Å². The maximum atomic E-state index is 14.8. The van der Waals surface area contributed by atoms with Crippen molar-refractivity contribution in [2.75, 3.05) is 82.6 Å². The Morgan fingerprint density at radius 1 is 1.18 bits per heavy atom. The molecule has 0 aliphatic carbocycles. The van der Waals surface area contributed by atoms with Gasteiger partial charge in [0.05, 0.1) is 36.9 Å². The zero-order valence-electron chi connectivity index (χ0n) is 26.3. The highest BCUT2D eigenvalue weighted by atomic mass is 19.1. The Hall–Kier alpha value is -4.28. The number of nitrogens with one attached hydrogen (secondary N) is 3. The molecule has 1 saturated heterocycles. The lowest BCUT2D eigenvalue weighted by atomic mass is 10.2. The van der Waals surface area contributed by atoms with Crippen LogP contribution < -0.4 is 20.9 Å². The van der Waals surface area contributed by atoms with Gasteiger partial charge in [-0.1, -0.05) is 24.8 Å². The highest BCUT2D eigenvalue weighted by molar-refractivity contribution is 5.92. The second kappa shape index (κ2) is 17.7. The predicted octanol–water partition coefficient (Wildman–Crippen LogP) is 2.63. The van der Waals surface area contributed by atoms with Gasteiger partial charge in [-0.3, -0.25) is 9.59 Å². The van der Waals surface area contributed by atoms with Crippen molar-refractivity contribution in [2.24, 2.45) is 0 Å². The fourth-order valence-electron chi connectivity index (χ4n) is 4.09. The van der Waals surface area contributed by atoms with E-state index in [4.69, 9.17) is 4.74 Å². The smallest absolute Gasteiger partial charge is 0.246 e. The summed E-state index contributed by atoms with van der Waals surface area (Å²) in [6, 6.07) is 0.788. The predicted molar refractivity (Wildman–Crippen MR) is 170 cm³/mol. The third-order valence-corrected chi connectivity index (χ3v) is 6.76. The monoisotopic (exact) mass is 609 g/mol. The van der Waals surface area contributed by atoms with Crippen LogP contribution in [0.5, 0.6) is 0 Å². The molecule has 2 amide bonds. The van der Waals surface area contributed by atoms with Gasteiger partial charge in [0.2, 0.25) is 17.8 Å². The number of halogens is 1. The standard InChI is InChI=1S/C31H44FN9O3/c1-6-13-33-28-24(11-8-7-9-14-34-30(43)23(2)40(5)27(42)12-10-15-39(3)4)21-36-31(38-28)37-25-20-26(32)29(35-22-25)41-16-18-44-19-17-41/h10,12,20-23H,6-7,9,13-19H2,1-5H3,(H,34,43)(H2,33,36,37,38)/b12-10+/t23-/m0/s1. The van der Waals surface area contributed by atoms with Crippen molar-refractivity contribution in [3.63, 3.8) is 0 Å². The summed E-state index contributed by atoms with van der Waals surface area (Å²) in [7, 11) is 5.45. The molecule has 0 saturated carbocycles. The molecule has 3 heterocycles. The lowest BCUT2D eigenvalue weighted by Crippen LogP contribution is -2.45. The van der Waals surface area contributed by atoms with Crippen LogP contribution in [0.2, 0.25) is 0 Å². The quantitative estimate of drug-likeness (QED) is 0.167. The Kier molecular flexibility index (Phi) is 13.8. The number of carbonyl (C=O) groups is 2. The van der Waals surface area contributed by atoms with Crippen molar-refractivity contribution in [1.29, 1.82) is 0 Å². The fraction of sp³-hybridized carbons (Fsp3) is 0.516. The van der Waals surface area contributed by atoms with Crippen molar-refractivity contribution >= 4 is 35.1 Å². The number of morpholine rings is 1. The number of likely N-dealkylation sites (N-methyl/N-ethyl adjacent to an activating group) is 2. The molecule has 1 aliphatic rings. The Balaban J connectivity index is 1.52. The molecule has 13 heteroatoms. The van der Waals surface area contributed by atoms with Gasteiger partial charge in [-0.2, -0.15) is 4.98 Å². The van der Waals surface area contributed by atoms with Crippen LogP contribution in [0.4, 0.5) is 27.7 Å². The van der Waals surface area contributed by atoms with Gasteiger partial charge in [0.15, 0.2) is 11.6 Å². The Morgan fingerprint density at radius 2 is 1.95 bits per heavy atom. The highest BCUT2D eigenvalue weighted by Crippen LogP contribution is 2.23. The normalized spacial score (nSPS) is 13.8. The number of amides is 2. The minimum Gasteiger partial charge on any atom is -0.378 e. The van der Waals surface area contributed by atoms with Crippen LogP contribution in [0, 0.1) is 17.7 Å². The summed E-state index contributed by atoms with van der Waals surface area (Å²) in [4.78, 5) is 43.2. The molecule has 12 nitrogen and oxygen atoms in total. The lowest BCUT2D eigenvalue weighted by molar-refractivity contribution is -0.135. The van der Waals surface area contributed by atoms with Gasteiger partial charge in [0, 0.05) is 58.3 Å². The van der Waals surface area contributed by atoms with Gasteiger partial charge in [0.1, 0.15) is 11.9 Å². The summed E-state index contributed by atoms with van der Waals surface area (Å²) < 4.78 is 20.1. The number of carbonyl (C=O) groups excluding carboxylic acids is 2. The van der Waals surface area contributed by atoms with Crippen molar-refractivity contribution in [2.45, 2.75) is 39.2 Å².